The average Bonchev–Trinajstić information content (AvgIpc) is 2.62. The number of hydrogen-bond acceptors (Lipinski definition) is 18. The monoisotopic (exact) mass is 1180 g/mol. The van der Waals surface area contributed by atoms with Gasteiger partial charge in [-0.1, -0.05) is 141 Å². The van der Waals surface area contributed by atoms with Gasteiger partial charge in [-0.25, -0.2) is 28.8 Å². The number of allylic oxidation sites excluding steroid dienone is 1. The Morgan fingerprint density at radius 3 is 1.20 bits per heavy atom. The Morgan fingerprint density at radius 2 is 0.788 bits per heavy atom. The molecule has 2 fully saturated rings. The van der Waals surface area contributed by atoms with Crippen molar-refractivity contribution in [1.29, 1.82) is 0 Å². The lowest BCUT2D eigenvalue weighted by molar-refractivity contribution is -0.338. The highest BCUT2D eigenvalue weighted by Gasteiger charge is 2.58. The van der Waals surface area contributed by atoms with E-state index in [1.165, 1.54) is 72.8 Å². The summed E-state index contributed by atoms with van der Waals surface area (Å²) in [7, 11) is -4.74. The normalized spacial score (nSPS) is 22.5. The predicted molar refractivity (Wildman–Crippen MR) is 307 cm³/mol. The predicted octanol–water partition coefficient (Wildman–Crippen LogP) is 9.96. The third kappa shape index (κ3) is 17.9. The second-order valence-electron chi connectivity index (χ2n) is 20.0. The van der Waals surface area contributed by atoms with Crippen LogP contribution in [0, 0.1) is 0 Å². The van der Waals surface area contributed by atoms with Crippen molar-refractivity contribution < 1.29 is 90.5 Å². The maximum atomic E-state index is 14.6. The highest BCUT2D eigenvalue weighted by atomic mass is 31.2. The maximum Gasteiger partial charge on any atom is 0.338 e. The van der Waals surface area contributed by atoms with Crippen molar-refractivity contribution >= 4 is 43.4 Å². The molecular weight excluding hydrogens is 1120 g/mol. The number of rotatable bonds is 28. The number of ether oxygens (including phenoxy) is 9. The van der Waals surface area contributed by atoms with E-state index < -0.39 is 124 Å². The zero-order chi connectivity index (χ0) is 60.0. The van der Waals surface area contributed by atoms with E-state index in [0.29, 0.717) is 12.8 Å². The van der Waals surface area contributed by atoms with Crippen molar-refractivity contribution in [2.75, 3.05) is 26.0 Å². The summed E-state index contributed by atoms with van der Waals surface area (Å²) in [6.07, 6.45) is -11.7. The van der Waals surface area contributed by atoms with E-state index in [1.54, 1.807) is 109 Å². The summed E-state index contributed by atoms with van der Waals surface area (Å²) < 4.78 is 77.1. The van der Waals surface area contributed by atoms with Crippen LogP contribution in [0.1, 0.15) is 107 Å². The highest BCUT2D eigenvalue weighted by Crippen LogP contribution is 2.46. The van der Waals surface area contributed by atoms with Gasteiger partial charge >= 0.3 is 43.4 Å². The summed E-state index contributed by atoms with van der Waals surface area (Å²) in [6, 6.07) is 46.3. The number of aliphatic hydroxyl groups is 1. The second-order valence-corrected chi connectivity index (χ2v) is 21.9. The lowest BCUT2D eigenvalue weighted by atomic mass is 9.93. The van der Waals surface area contributed by atoms with E-state index in [9.17, 15) is 43.3 Å². The highest BCUT2D eigenvalue weighted by molar-refractivity contribution is 7.52. The van der Waals surface area contributed by atoms with Crippen molar-refractivity contribution in [3.05, 3.63) is 228 Å². The number of carbonyl (C=O) groups is 6. The molecule has 85 heavy (non-hydrogen) atoms. The molecule has 1 unspecified atom stereocenters. The first-order valence-electron chi connectivity index (χ1n) is 28.0. The molecule has 11 atom stereocenters. The van der Waals surface area contributed by atoms with Crippen molar-refractivity contribution in [1.82, 2.24) is 0 Å². The first-order chi connectivity index (χ1) is 41.3. The van der Waals surface area contributed by atoms with Crippen LogP contribution in [0.15, 0.2) is 195 Å². The summed E-state index contributed by atoms with van der Waals surface area (Å²) in [4.78, 5) is 97.4. The fraction of sp³-hybridized carbons (Fsp3) is 0.323. The number of aliphatic hydroxyl groups excluding tert-OH is 1. The van der Waals surface area contributed by atoms with Crippen molar-refractivity contribution in [2.45, 2.75) is 106 Å². The number of carbonyl (C=O) groups excluding carboxylic acids is 6. The molecule has 6 aromatic rings. The molecule has 0 amide bonds. The molecule has 0 bridgehead atoms. The van der Waals surface area contributed by atoms with Gasteiger partial charge in [0.15, 0.2) is 36.8 Å². The van der Waals surface area contributed by atoms with Gasteiger partial charge in [-0.05, 0) is 92.1 Å². The smallest absolute Gasteiger partial charge is 0.338 e. The first-order valence-corrected chi connectivity index (χ1v) is 29.8. The fourth-order valence-electron chi connectivity index (χ4n) is 9.63. The minimum absolute atomic E-state index is 0.00662. The van der Waals surface area contributed by atoms with E-state index in [0.717, 1.165) is 32.1 Å². The third-order valence-corrected chi connectivity index (χ3v) is 15.4. The van der Waals surface area contributed by atoms with Crippen LogP contribution in [0.25, 0.3) is 0 Å². The van der Waals surface area contributed by atoms with Gasteiger partial charge in [0.2, 0.25) is 0 Å². The lowest BCUT2D eigenvalue weighted by Crippen LogP contribution is -2.67. The molecule has 2 heterocycles. The zero-order valence-corrected chi connectivity index (χ0v) is 47.3. The van der Waals surface area contributed by atoms with Gasteiger partial charge in [0, 0.05) is 0 Å². The molecule has 0 spiro atoms. The van der Waals surface area contributed by atoms with Crippen molar-refractivity contribution in [3.63, 3.8) is 0 Å². The second kappa shape index (κ2) is 31.7. The minimum atomic E-state index is -4.74. The Hall–Kier alpha value is -8.13. The van der Waals surface area contributed by atoms with Crippen LogP contribution in [0.5, 0.6) is 0 Å². The maximum absolute atomic E-state index is 14.6. The molecule has 8 rings (SSSR count). The number of unbranched alkanes of at least 4 members (excludes halogenated alkanes) is 6. The van der Waals surface area contributed by atoms with Crippen molar-refractivity contribution in [2.24, 2.45) is 0 Å². The quantitative estimate of drug-likeness (QED) is 0.0152. The van der Waals surface area contributed by atoms with E-state index in [4.69, 9.17) is 47.2 Å². The van der Waals surface area contributed by atoms with Gasteiger partial charge in [-0.15, -0.1) is 6.58 Å². The van der Waals surface area contributed by atoms with Crippen molar-refractivity contribution in [3.8, 4) is 0 Å². The van der Waals surface area contributed by atoms with E-state index in [-0.39, 0.29) is 40.0 Å². The largest absolute Gasteiger partial charge is 0.459 e. The Morgan fingerprint density at radius 1 is 0.435 bits per heavy atom. The van der Waals surface area contributed by atoms with E-state index >= 15 is 0 Å². The van der Waals surface area contributed by atoms with Crippen LogP contribution < -0.4 is 0 Å². The molecule has 0 aliphatic carbocycles. The third-order valence-electron chi connectivity index (χ3n) is 13.9. The fourth-order valence-corrected chi connectivity index (χ4v) is 10.9. The molecule has 0 aromatic heterocycles. The molecule has 20 heteroatoms. The molecule has 19 nitrogen and oxygen atoms in total. The zero-order valence-electron chi connectivity index (χ0n) is 46.4. The standard InChI is InChI=1S/C65H67O19P/c1-2-3-4-5-6-7-8-27-40-76-85(73,74)43-52-55(80-61(69)46-32-19-11-20-33-46)56(81-62(70)47-34-21-12-22-35-47)54(51(77-52)42-75-59(67)44-28-15-9-16-29-44)84-65-58(83-64(72)49-38-25-14-26-39-49)57(82-63(71)48-36-23-13-24-37-48)53(50(41-66)78-65)79-60(68)45-30-17-10-18-31-45/h2,9-26,28-39,50-58,65-66H,1,3-8,27,40-43H2,(H,73,74)/t50-,51-,52-,53+,54-,55-,56+,57+,58-,65+/m1/s1. The van der Waals surface area contributed by atoms with Gasteiger partial charge in [0.05, 0.1) is 52.8 Å². The molecule has 0 saturated carbocycles. The van der Waals surface area contributed by atoms with Crippen LogP contribution in [0.4, 0.5) is 0 Å². The summed E-state index contributed by atoms with van der Waals surface area (Å²) in [6.45, 7) is 1.90. The van der Waals surface area contributed by atoms with Crippen LogP contribution in [-0.4, -0.2) is 133 Å². The van der Waals surface area contributed by atoms with Crippen LogP contribution in [0.3, 0.4) is 0 Å². The molecule has 6 aromatic carbocycles. The summed E-state index contributed by atoms with van der Waals surface area (Å²) in [5.41, 5.74) is 0.147. The van der Waals surface area contributed by atoms with Gasteiger partial charge in [0.1, 0.15) is 31.0 Å². The Balaban J connectivity index is 1.24. The first kappa shape index (κ1) is 62.9. The lowest BCUT2D eigenvalue weighted by Gasteiger charge is -2.49. The topological polar surface area (TPSA) is 252 Å². The van der Waals surface area contributed by atoms with Gasteiger partial charge in [0.25, 0.3) is 0 Å². The van der Waals surface area contributed by atoms with E-state index in [2.05, 4.69) is 6.58 Å². The van der Waals surface area contributed by atoms with Crippen LogP contribution in [-0.2, 0) is 51.7 Å². The van der Waals surface area contributed by atoms with Gasteiger partial charge < -0.3 is 57.2 Å². The molecule has 2 aliphatic heterocycles. The number of benzene rings is 6. The molecule has 2 N–H and O–H groups in total. The van der Waals surface area contributed by atoms with Crippen LogP contribution >= 0.6 is 7.60 Å². The summed E-state index contributed by atoms with van der Waals surface area (Å²) in [5, 5.41) is 11.2. The van der Waals surface area contributed by atoms with E-state index in [1.807, 2.05) is 6.08 Å². The number of esters is 6. The van der Waals surface area contributed by atoms with Crippen LogP contribution in [0.2, 0.25) is 0 Å². The average molecular weight is 1180 g/mol. The Labute approximate surface area is 492 Å². The SMILES string of the molecule is C=CCCCCCCCCOP(=O)(O)C[C@H]1O[C@H](COC(=O)c2ccccc2)[C@@H](O[C@@H]2O[C@H](CO)[C@H](OC(=O)c3ccccc3)[C@H](OC(=O)c3ccccc3)[C@H]2OC(=O)c2ccccc2)[C@H](OC(=O)c2ccccc2)[C@@H]1OC(=O)c1ccccc1. The molecular formula is C65H67O19P. The molecule has 2 aliphatic rings. The summed E-state index contributed by atoms with van der Waals surface area (Å²) in [5.74, 6) is -5.89. The Bertz CT molecular complexity index is 3150. The molecule has 2 saturated heterocycles. The molecule has 0 radical (unpaired) electrons. The summed E-state index contributed by atoms with van der Waals surface area (Å²) >= 11 is 0. The molecule has 446 valence electrons. The number of hydrogen-bond donors (Lipinski definition) is 2. The van der Waals surface area contributed by atoms with Gasteiger partial charge in [-0.3, -0.25) is 4.57 Å². The van der Waals surface area contributed by atoms with Gasteiger partial charge in [-0.2, -0.15) is 0 Å². The Kier molecular flexibility index (Phi) is 23.4. The minimum Gasteiger partial charge on any atom is -0.459 e.